The number of rotatable bonds is 4. The zero-order valence-corrected chi connectivity index (χ0v) is 10.3. The summed E-state index contributed by atoms with van der Waals surface area (Å²) < 4.78 is 0. The molecule has 0 radical (unpaired) electrons. The number of likely N-dealkylation sites (N-methyl/N-ethyl adjacent to an activating group) is 1. The van der Waals surface area contributed by atoms with Gasteiger partial charge in [0.05, 0.1) is 11.5 Å². The molecule has 0 heterocycles. The van der Waals surface area contributed by atoms with Crippen LogP contribution in [-0.2, 0) is 0 Å². The molecule has 0 bridgehead atoms. The van der Waals surface area contributed by atoms with Gasteiger partial charge in [-0.05, 0) is 12.1 Å². The van der Waals surface area contributed by atoms with Crippen LogP contribution < -0.4 is 5.32 Å². The number of nitrogens with zero attached hydrogens (tertiary/aromatic N) is 2. The van der Waals surface area contributed by atoms with Crippen LogP contribution in [-0.4, -0.2) is 41.2 Å². The fourth-order valence-electron chi connectivity index (χ4n) is 1.20. The molecule has 2 N–H and O–H groups in total. The van der Waals surface area contributed by atoms with E-state index in [-0.39, 0.29) is 29.5 Å². The summed E-state index contributed by atoms with van der Waals surface area (Å²) in [6.45, 7) is 0.00615. The number of carbonyl (C=O) groups is 1. The lowest BCUT2D eigenvalue weighted by molar-refractivity contribution is -0.384. The molecule has 0 atom stereocenters. The number of nitrogens with one attached hydrogen (secondary N) is 1. The smallest absolute Gasteiger partial charge is 0.321 e. The first-order valence-corrected chi connectivity index (χ1v) is 5.40. The summed E-state index contributed by atoms with van der Waals surface area (Å²) in [7, 11) is 1.50. The van der Waals surface area contributed by atoms with Gasteiger partial charge in [0.15, 0.2) is 0 Å². The molecule has 2 amide bonds. The number of halogens is 1. The summed E-state index contributed by atoms with van der Waals surface area (Å²) in [6, 6.07) is 3.50. The highest BCUT2D eigenvalue weighted by atomic mass is 35.5. The molecule has 0 unspecified atom stereocenters. The Hall–Kier alpha value is -1.86. The van der Waals surface area contributed by atoms with E-state index in [0.29, 0.717) is 0 Å². The summed E-state index contributed by atoms with van der Waals surface area (Å²) in [4.78, 5) is 22.9. The van der Waals surface area contributed by atoms with Crippen LogP contribution in [0.3, 0.4) is 0 Å². The van der Waals surface area contributed by atoms with Crippen LogP contribution in [0.25, 0.3) is 0 Å². The molecule has 0 saturated heterocycles. The highest BCUT2D eigenvalue weighted by Crippen LogP contribution is 2.27. The second kappa shape index (κ2) is 6.18. The van der Waals surface area contributed by atoms with Crippen molar-refractivity contribution in [3.05, 3.63) is 33.3 Å². The number of carbonyl (C=O) groups excluding carboxylic acids is 1. The van der Waals surface area contributed by atoms with E-state index in [2.05, 4.69) is 5.32 Å². The lowest BCUT2D eigenvalue weighted by Crippen LogP contribution is -2.33. The van der Waals surface area contributed by atoms with Gasteiger partial charge in [-0.25, -0.2) is 4.79 Å². The topological polar surface area (TPSA) is 95.7 Å². The molecule has 0 fully saturated rings. The van der Waals surface area contributed by atoms with Crippen molar-refractivity contribution in [3.63, 3.8) is 0 Å². The standard InChI is InChI=1S/C10H12ClN3O4/c1-13(4-5-15)10(16)12-7-2-3-8(11)9(6-7)14(17)18/h2-3,6,15H,4-5H2,1H3,(H,12,16). The lowest BCUT2D eigenvalue weighted by atomic mass is 10.3. The van der Waals surface area contributed by atoms with Crippen LogP contribution >= 0.6 is 11.6 Å². The highest BCUT2D eigenvalue weighted by molar-refractivity contribution is 6.32. The first kappa shape index (κ1) is 14.2. The zero-order valence-electron chi connectivity index (χ0n) is 9.59. The molecule has 0 aliphatic carbocycles. The van der Waals surface area contributed by atoms with Gasteiger partial charge in [-0.2, -0.15) is 0 Å². The van der Waals surface area contributed by atoms with Crippen molar-refractivity contribution in [1.29, 1.82) is 0 Å². The van der Waals surface area contributed by atoms with Crippen molar-refractivity contribution in [3.8, 4) is 0 Å². The number of nitro benzene ring substituents is 1. The molecule has 7 nitrogen and oxygen atoms in total. The Kier molecular flexibility index (Phi) is 4.87. The maximum absolute atomic E-state index is 11.6. The van der Waals surface area contributed by atoms with Crippen LogP contribution in [0.4, 0.5) is 16.2 Å². The first-order chi connectivity index (χ1) is 8.45. The minimum atomic E-state index is -0.630. The van der Waals surface area contributed by atoms with Crippen molar-refractivity contribution in [2.45, 2.75) is 0 Å². The third-order valence-corrected chi connectivity index (χ3v) is 2.50. The zero-order chi connectivity index (χ0) is 13.7. The van der Waals surface area contributed by atoms with E-state index in [1.54, 1.807) is 0 Å². The molecule has 0 aliphatic rings. The third-order valence-electron chi connectivity index (χ3n) is 2.18. The van der Waals surface area contributed by atoms with Crippen LogP contribution in [0.2, 0.25) is 5.02 Å². The van der Waals surface area contributed by atoms with Gasteiger partial charge in [0.1, 0.15) is 5.02 Å². The summed E-state index contributed by atoms with van der Waals surface area (Å²) in [5.74, 6) is 0. The van der Waals surface area contributed by atoms with Crippen LogP contribution in [0, 0.1) is 10.1 Å². The average Bonchev–Trinajstić information content (AvgIpc) is 2.31. The number of hydrogen-bond acceptors (Lipinski definition) is 4. The van der Waals surface area contributed by atoms with Gasteiger partial charge >= 0.3 is 6.03 Å². The SMILES string of the molecule is CN(CCO)C(=O)Nc1ccc(Cl)c([N+](=O)[O-])c1. The first-order valence-electron chi connectivity index (χ1n) is 5.02. The average molecular weight is 274 g/mol. The molecule has 0 aliphatic heterocycles. The normalized spacial score (nSPS) is 9.94. The molecule has 1 aromatic rings. The number of aliphatic hydroxyl groups is 1. The maximum atomic E-state index is 11.6. The Morgan fingerprint density at radius 1 is 1.61 bits per heavy atom. The lowest BCUT2D eigenvalue weighted by Gasteiger charge is -2.16. The predicted molar refractivity (Wildman–Crippen MR) is 66.8 cm³/mol. The van der Waals surface area contributed by atoms with E-state index in [4.69, 9.17) is 16.7 Å². The Morgan fingerprint density at radius 3 is 2.83 bits per heavy atom. The van der Waals surface area contributed by atoms with Gasteiger partial charge in [-0.1, -0.05) is 11.6 Å². The van der Waals surface area contributed by atoms with E-state index >= 15 is 0 Å². The Bertz CT molecular complexity index is 466. The van der Waals surface area contributed by atoms with Gasteiger partial charge in [0.2, 0.25) is 0 Å². The van der Waals surface area contributed by atoms with Gasteiger partial charge in [-0.3, -0.25) is 10.1 Å². The molecule has 1 rings (SSSR count). The van der Waals surface area contributed by atoms with Gasteiger partial charge in [0.25, 0.3) is 5.69 Å². The summed E-state index contributed by atoms with van der Waals surface area (Å²) in [6.07, 6.45) is 0. The molecule has 0 aromatic heterocycles. The van der Waals surface area contributed by atoms with E-state index in [0.717, 1.165) is 0 Å². The number of urea groups is 1. The number of nitro groups is 1. The van der Waals surface area contributed by atoms with Crippen molar-refractivity contribution in [2.75, 3.05) is 25.5 Å². The Balaban J connectivity index is 2.82. The second-order valence-electron chi connectivity index (χ2n) is 3.50. The summed E-state index contributed by atoms with van der Waals surface area (Å²) in [5, 5.41) is 21.8. The fourth-order valence-corrected chi connectivity index (χ4v) is 1.39. The predicted octanol–water partition coefficient (Wildman–Crippen LogP) is 1.70. The van der Waals surface area contributed by atoms with Crippen molar-refractivity contribution in [2.24, 2.45) is 0 Å². The molecular weight excluding hydrogens is 262 g/mol. The van der Waals surface area contributed by atoms with Crippen LogP contribution in [0.1, 0.15) is 0 Å². The van der Waals surface area contributed by atoms with Crippen molar-refractivity contribution >= 4 is 29.0 Å². The number of aliphatic hydroxyl groups excluding tert-OH is 1. The summed E-state index contributed by atoms with van der Waals surface area (Å²) >= 11 is 5.64. The maximum Gasteiger partial charge on any atom is 0.321 e. The van der Waals surface area contributed by atoms with Gasteiger partial charge in [0, 0.05) is 25.3 Å². The molecular formula is C10H12ClN3O4. The minimum absolute atomic E-state index is 0.00158. The largest absolute Gasteiger partial charge is 0.395 e. The Morgan fingerprint density at radius 2 is 2.28 bits per heavy atom. The van der Waals surface area contributed by atoms with Crippen LogP contribution in [0.5, 0.6) is 0 Å². The van der Waals surface area contributed by atoms with Crippen LogP contribution in [0.15, 0.2) is 18.2 Å². The van der Waals surface area contributed by atoms with Crippen molar-refractivity contribution in [1.82, 2.24) is 4.90 Å². The monoisotopic (exact) mass is 273 g/mol. The van der Waals surface area contributed by atoms with E-state index < -0.39 is 11.0 Å². The molecule has 98 valence electrons. The number of amides is 2. The van der Waals surface area contributed by atoms with E-state index in [1.807, 2.05) is 0 Å². The van der Waals surface area contributed by atoms with Crippen molar-refractivity contribution < 1.29 is 14.8 Å². The van der Waals surface area contributed by atoms with E-state index in [1.165, 1.54) is 30.1 Å². The van der Waals surface area contributed by atoms with E-state index in [9.17, 15) is 14.9 Å². The Labute approximate surface area is 108 Å². The van der Waals surface area contributed by atoms with Gasteiger partial charge in [-0.15, -0.1) is 0 Å². The molecule has 0 saturated carbocycles. The molecule has 18 heavy (non-hydrogen) atoms. The van der Waals surface area contributed by atoms with Gasteiger partial charge < -0.3 is 15.3 Å². The number of hydrogen-bond donors (Lipinski definition) is 2. The quantitative estimate of drug-likeness (QED) is 0.645. The molecule has 0 spiro atoms. The molecule has 8 heteroatoms. The fraction of sp³-hybridized carbons (Fsp3) is 0.300. The highest BCUT2D eigenvalue weighted by Gasteiger charge is 2.15. The second-order valence-corrected chi connectivity index (χ2v) is 3.91. The minimum Gasteiger partial charge on any atom is -0.395 e. The summed E-state index contributed by atoms with van der Waals surface area (Å²) in [5.41, 5.74) is -0.0137. The third kappa shape index (κ3) is 3.57. The molecule has 1 aromatic carbocycles. The number of anilines is 1. The number of benzene rings is 1.